The number of hydrogen-bond donors (Lipinski definition) is 1. The fourth-order valence-electron chi connectivity index (χ4n) is 4.01. The highest BCUT2D eigenvalue weighted by Crippen LogP contribution is 2.33. The Morgan fingerprint density at radius 2 is 1.62 bits per heavy atom. The first-order chi connectivity index (χ1) is 18.6. The maximum Gasteiger partial charge on any atom is 0.264 e. The number of sulfonamides is 1. The normalized spacial score (nSPS) is 11.9. The zero-order valence-corrected chi connectivity index (χ0v) is 23.4. The molecule has 0 saturated carbocycles. The minimum absolute atomic E-state index is 0.00960. The van der Waals surface area contributed by atoms with Crippen molar-refractivity contribution in [3.63, 3.8) is 0 Å². The van der Waals surface area contributed by atoms with E-state index in [0.717, 1.165) is 9.87 Å². The van der Waals surface area contributed by atoms with Crippen molar-refractivity contribution in [2.75, 3.05) is 24.0 Å². The van der Waals surface area contributed by atoms with Gasteiger partial charge in [0.05, 0.1) is 17.2 Å². The van der Waals surface area contributed by atoms with Gasteiger partial charge in [-0.1, -0.05) is 48.0 Å². The maximum atomic E-state index is 14.6. The summed E-state index contributed by atoms with van der Waals surface area (Å²) in [6, 6.07) is 17.8. The van der Waals surface area contributed by atoms with Gasteiger partial charge < -0.3 is 15.0 Å². The van der Waals surface area contributed by atoms with Gasteiger partial charge >= 0.3 is 0 Å². The molecular formula is C29H34FN3O5S. The number of hydrogen-bond acceptors (Lipinski definition) is 5. The first kappa shape index (κ1) is 29.6. The third-order valence-electron chi connectivity index (χ3n) is 6.14. The summed E-state index contributed by atoms with van der Waals surface area (Å²) in [4.78, 5) is 27.8. The number of para-hydroxylation sites is 2. The number of rotatable bonds is 12. The number of ether oxygens (including phenoxy) is 1. The Kier molecular flexibility index (Phi) is 10.1. The molecule has 1 N–H and O–H groups in total. The molecule has 0 aromatic heterocycles. The number of carbonyl (C=O) groups is 2. The Balaban J connectivity index is 2.09. The highest BCUT2D eigenvalue weighted by molar-refractivity contribution is 7.92. The summed E-state index contributed by atoms with van der Waals surface area (Å²) in [6.45, 7) is 6.62. The van der Waals surface area contributed by atoms with Crippen LogP contribution in [0.4, 0.5) is 10.1 Å². The average molecular weight is 556 g/mol. The van der Waals surface area contributed by atoms with E-state index < -0.39 is 40.2 Å². The highest BCUT2D eigenvalue weighted by atomic mass is 32.2. The Hall–Kier alpha value is -3.92. The summed E-state index contributed by atoms with van der Waals surface area (Å²) >= 11 is 0. The van der Waals surface area contributed by atoms with Gasteiger partial charge in [-0.05, 0) is 58.0 Å². The predicted molar refractivity (Wildman–Crippen MR) is 148 cm³/mol. The third-order valence-corrected chi connectivity index (χ3v) is 7.91. The van der Waals surface area contributed by atoms with Crippen molar-refractivity contribution in [3.8, 4) is 5.75 Å². The summed E-state index contributed by atoms with van der Waals surface area (Å²) in [5.74, 6) is -1.38. The van der Waals surface area contributed by atoms with Gasteiger partial charge in [0.15, 0.2) is 0 Å². The van der Waals surface area contributed by atoms with Crippen molar-refractivity contribution in [3.05, 3.63) is 89.7 Å². The van der Waals surface area contributed by atoms with E-state index in [-0.39, 0.29) is 35.0 Å². The molecule has 0 heterocycles. The van der Waals surface area contributed by atoms with E-state index in [1.807, 2.05) is 6.92 Å². The van der Waals surface area contributed by atoms with Crippen molar-refractivity contribution in [1.82, 2.24) is 10.2 Å². The molecule has 0 radical (unpaired) electrons. The van der Waals surface area contributed by atoms with E-state index in [2.05, 4.69) is 5.32 Å². The van der Waals surface area contributed by atoms with E-state index in [1.54, 1.807) is 56.3 Å². The molecule has 0 saturated heterocycles. The third kappa shape index (κ3) is 7.14. The van der Waals surface area contributed by atoms with Crippen LogP contribution in [-0.2, 0) is 26.2 Å². The Morgan fingerprint density at radius 3 is 2.26 bits per heavy atom. The molecular weight excluding hydrogens is 521 g/mol. The van der Waals surface area contributed by atoms with Crippen molar-refractivity contribution < 1.29 is 27.1 Å². The number of likely N-dealkylation sites (N-methyl/N-ethyl adjacent to an activating group) is 1. The molecule has 2 amide bonds. The molecule has 208 valence electrons. The SMILES string of the molecule is CCNC(=O)C(C)N(Cc1ccccc1F)C(=O)CN(c1ccccc1OCC)S(=O)(=O)c1ccc(C)cc1. The first-order valence-electron chi connectivity index (χ1n) is 12.7. The molecule has 3 aromatic carbocycles. The number of nitrogens with zero attached hydrogens (tertiary/aromatic N) is 2. The lowest BCUT2D eigenvalue weighted by molar-refractivity contribution is -0.139. The number of aryl methyl sites for hydroxylation is 1. The van der Waals surface area contributed by atoms with Gasteiger partial charge in [-0.3, -0.25) is 13.9 Å². The van der Waals surface area contributed by atoms with E-state index in [0.29, 0.717) is 6.54 Å². The van der Waals surface area contributed by atoms with Gasteiger partial charge in [0.1, 0.15) is 24.2 Å². The zero-order valence-electron chi connectivity index (χ0n) is 22.6. The van der Waals surface area contributed by atoms with Crippen LogP contribution in [0.2, 0.25) is 0 Å². The minimum Gasteiger partial charge on any atom is -0.492 e. The predicted octanol–water partition coefficient (Wildman–Crippen LogP) is 4.28. The summed E-state index contributed by atoms with van der Waals surface area (Å²) < 4.78 is 49.1. The smallest absolute Gasteiger partial charge is 0.264 e. The largest absolute Gasteiger partial charge is 0.492 e. The van der Waals surface area contributed by atoms with Crippen LogP contribution in [-0.4, -0.2) is 50.9 Å². The van der Waals surface area contributed by atoms with Gasteiger partial charge in [0.25, 0.3) is 10.0 Å². The Bertz CT molecular complexity index is 1400. The number of anilines is 1. The van der Waals surface area contributed by atoms with Crippen molar-refractivity contribution in [2.24, 2.45) is 0 Å². The summed E-state index contributed by atoms with van der Waals surface area (Å²) in [6.07, 6.45) is 0. The van der Waals surface area contributed by atoms with Crippen LogP contribution in [0.15, 0.2) is 77.7 Å². The van der Waals surface area contributed by atoms with E-state index >= 15 is 0 Å². The van der Waals surface area contributed by atoms with Crippen molar-refractivity contribution >= 4 is 27.5 Å². The molecule has 0 spiro atoms. The second-order valence-corrected chi connectivity index (χ2v) is 10.8. The number of halogens is 1. The van der Waals surface area contributed by atoms with Gasteiger partial charge in [0, 0.05) is 18.7 Å². The van der Waals surface area contributed by atoms with E-state index in [1.165, 1.54) is 42.2 Å². The lowest BCUT2D eigenvalue weighted by atomic mass is 10.1. The Morgan fingerprint density at radius 1 is 0.974 bits per heavy atom. The molecule has 0 aliphatic rings. The van der Waals surface area contributed by atoms with Crippen LogP contribution in [0, 0.1) is 12.7 Å². The van der Waals surface area contributed by atoms with Crippen LogP contribution in [0.3, 0.4) is 0 Å². The Labute approximate surface area is 229 Å². The highest BCUT2D eigenvalue weighted by Gasteiger charge is 2.34. The molecule has 0 bridgehead atoms. The molecule has 8 nitrogen and oxygen atoms in total. The molecule has 0 aliphatic carbocycles. The fourth-order valence-corrected chi connectivity index (χ4v) is 5.43. The van der Waals surface area contributed by atoms with Gasteiger partial charge in [-0.2, -0.15) is 0 Å². The molecule has 1 unspecified atom stereocenters. The quantitative estimate of drug-likeness (QED) is 0.360. The summed E-state index contributed by atoms with van der Waals surface area (Å²) in [5.41, 5.74) is 1.24. The lowest BCUT2D eigenvalue weighted by Gasteiger charge is -2.32. The number of amides is 2. The fraction of sp³-hybridized carbons (Fsp3) is 0.310. The standard InChI is InChI=1S/C29H34FN3O5S/c1-5-31-29(35)22(4)32(19-23-11-7-8-12-25(23)30)28(34)20-33(26-13-9-10-14-27(26)38-6-2)39(36,37)24-17-15-21(3)16-18-24/h7-18,22H,5-6,19-20H2,1-4H3,(H,31,35). The molecule has 39 heavy (non-hydrogen) atoms. The number of benzene rings is 3. The van der Waals surface area contributed by atoms with Crippen LogP contribution in [0.5, 0.6) is 5.75 Å². The average Bonchev–Trinajstić information content (AvgIpc) is 2.91. The molecule has 10 heteroatoms. The summed E-state index contributed by atoms with van der Waals surface area (Å²) in [5, 5.41) is 2.67. The monoisotopic (exact) mass is 555 g/mol. The number of carbonyl (C=O) groups excluding carboxylic acids is 2. The lowest BCUT2D eigenvalue weighted by Crippen LogP contribution is -2.51. The zero-order chi connectivity index (χ0) is 28.6. The molecule has 3 aromatic rings. The number of nitrogens with one attached hydrogen (secondary N) is 1. The van der Waals surface area contributed by atoms with E-state index in [4.69, 9.17) is 4.74 Å². The van der Waals surface area contributed by atoms with Crippen LogP contribution in [0.25, 0.3) is 0 Å². The van der Waals surface area contributed by atoms with Crippen LogP contribution >= 0.6 is 0 Å². The van der Waals surface area contributed by atoms with Crippen LogP contribution < -0.4 is 14.4 Å². The maximum absolute atomic E-state index is 14.6. The molecule has 3 rings (SSSR count). The summed E-state index contributed by atoms with van der Waals surface area (Å²) in [7, 11) is -4.25. The topological polar surface area (TPSA) is 96.0 Å². The van der Waals surface area contributed by atoms with E-state index in [9.17, 15) is 22.4 Å². The van der Waals surface area contributed by atoms with Gasteiger partial charge in [-0.15, -0.1) is 0 Å². The molecule has 1 atom stereocenters. The van der Waals surface area contributed by atoms with Gasteiger partial charge in [-0.25, -0.2) is 12.8 Å². The van der Waals surface area contributed by atoms with Gasteiger partial charge in [0.2, 0.25) is 11.8 Å². The first-order valence-corrected chi connectivity index (χ1v) is 14.2. The van der Waals surface area contributed by atoms with Crippen molar-refractivity contribution in [1.29, 1.82) is 0 Å². The molecule has 0 fully saturated rings. The second kappa shape index (κ2) is 13.2. The second-order valence-electron chi connectivity index (χ2n) is 8.91. The minimum atomic E-state index is -4.25. The van der Waals surface area contributed by atoms with Crippen LogP contribution in [0.1, 0.15) is 31.9 Å². The molecule has 0 aliphatic heterocycles. The van der Waals surface area contributed by atoms with Crippen molar-refractivity contribution in [2.45, 2.75) is 45.2 Å².